The Labute approximate surface area is 151 Å². The lowest BCUT2D eigenvalue weighted by Crippen LogP contribution is -2.55. The molecule has 1 saturated carbocycles. The largest absolute Gasteiger partial charge is 0.466 e. The van der Waals surface area contributed by atoms with Crippen LogP contribution in [-0.4, -0.2) is 41.6 Å². The van der Waals surface area contributed by atoms with Gasteiger partial charge in [-0.05, 0) is 38.5 Å². The van der Waals surface area contributed by atoms with Crippen LogP contribution in [0.4, 0.5) is 4.39 Å². The Hall–Kier alpha value is -2.28. The van der Waals surface area contributed by atoms with Crippen molar-refractivity contribution in [2.45, 2.75) is 38.7 Å². The van der Waals surface area contributed by atoms with Gasteiger partial charge in [-0.3, -0.25) is 14.4 Å². The average Bonchev–Trinajstić information content (AvgIpc) is 2.54. The second-order valence-electron chi connectivity index (χ2n) is 6.54. The third-order valence-corrected chi connectivity index (χ3v) is 4.60. The molecular formula is C19H23FO6. The van der Waals surface area contributed by atoms with Gasteiger partial charge >= 0.3 is 11.9 Å². The van der Waals surface area contributed by atoms with Crippen molar-refractivity contribution in [1.29, 1.82) is 0 Å². The number of carbonyl (C=O) groups is 3. The van der Waals surface area contributed by atoms with E-state index in [4.69, 9.17) is 9.47 Å². The van der Waals surface area contributed by atoms with Crippen LogP contribution < -0.4 is 0 Å². The molecule has 7 heteroatoms. The van der Waals surface area contributed by atoms with Gasteiger partial charge in [0.2, 0.25) is 0 Å². The van der Waals surface area contributed by atoms with Crippen molar-refractivity contribution in [3.05, 3.63) is 35.6 Å². The highest BCUT2D eigenvalue weighted by Crippen LogP contribution is 2.46. The second-order valence-corrected chi connectivity index (χ2v) is 6.54. The molecule has 1 aromatic carbocycles. The van der Waals surface area contributed by atoms with E-state index in [0.717, 1.165) is 0 Å². The lowest BCUT2D eigenvalue weighted by Gasteiger charge is -2.43. The maximum absolute atomic E-state index is 13.3. The minimum Gasteiger partial charge on any atom is -0.466 e. The number of halogens is 1. The van der Waals surface area contributed by atoms with E-state index in [1.54, 1.807) is 13.8 Å². The van der Waals surface area contributed by atoms with E-state index in [1.807, 2.05) is 0 Å². The summed E-state index contributed by atoms with van der Waals surface area (Å²) in [4.78, 5) is 37.6. The van der Waals surface area contributed by atoms with Crippen LogP contribution in [0.3, 0.4) is 0 Å². The van der Waals surface area contributed by atoms with Crippen molar-refractivity contribution >= 4 is 17.7 Å². The summed E-state index contributed by atoms with van der Waals surface area (Å²) in [7, 11) is 0. The van der Waals surface area contributed by atoms with Gasteiger partial charge in [0, 0.05) is 12.3 Å². The standard InChI is InChI=1S/C19H23FO6/c1-4-25-17(22)15-13(21)10-19(3,24)16(18(23)26-5-2)14(15)11-6-8-12(20)9-7-11/h6-9,14-16,24H,4-5,10H2,1-3H3/t14-,15-,16-,19-/m1/s1. The Bertz CT molecular complexity index is 682. The lowest BCUT2D eigenvalue weighted by atomic mass is 9.62. The number of ether oxygens (including phenoxy) is 2. The molecule has 0 radical (unpaired) electrons. The smallest absolute Gasteiger partial charge is 0.317 e. The predicted octanol–water partition coefficient (Wildman–Crippen LogP) is 1.99. The number of hydrogen-bond donors (Lipinski definition) is 1. The molecular weight excluding hydrogens is 343 g/mol. The fourth-order valence-electron chi connectivity index (χ4n) is 3.56. The first-order chi connectivity index (χ1) is 12.2. The van der Waals surface area contributed by atoms with Crippen LogP contribution in [-0.2, 0) is 23.9 Å². The zero-order chi connectivity index (χ0) is 19.5. The van der Waals surface area contributed by atoms with Gasteiger partial charge in [0.15, 0.2) is 5.78 Å². The molecule has 0 aliphatic heterocycles. The zero-order valence-electron chi connectivity index (χ0n) is 15.0. The lowest BCUT2D eigenvalue weighted by molar-refractivity contribution is -0.172. The van der Waals surface area contributed by atoms with Crippen molar-refractivity contribution in [3.63, 3.8) is 0 Å². The summed E-state index contributed by atoms with van der Waals surface area (Å²) in [5, 5.41) is 10.8. The summed E-state index contributed by atoms with van der Waals surface area (Å²) in [6, 6.07) is 5.14. The molecule has 0 bridgehead atoms. The molecule has 1 aliphatic carbocycles. The van der Waals surface area contributed by atoms with Crippen LogP contribution in [0.2, 0.25) is 0 Å². The Morgan fingerprint density at radius 2 is 1.69 bits per heavy atom. The number of rotatable bonds is 5. The fraction of sp³-hybridized carbons (Fsp3) is 0.526. The van der Waals surface area contributed by atoms with Crippen molar-refractivity contribution in [1.82, 2.24) is 0 Å². The van der Waals surface area contributed by atoms with Crippen LogP contribution in [0, 0.1) is 17.7 Å². The normalized spacial score (nSPS) is 28.5. The van der Waals surface area contributed by atoms with Crippen molar-refractivity contribution < 1.29 is 33.4 Å². The molecule has 0 amide bonds. The topological polar surface area (TPSA) is 89.9 Å². The van der Waals surface area contributed by atoms with Gasteiger partial charge in [-0.15, -0.1) is 0 Å². The van der Waals surface area contributed by atoms with Crippen molar-refractivity contribution in [2.24, 2.45) is 11.8 Å². The Kier molecular flexibility index (Phi) is 6.13. The zero-order valence-corrected chi connectivity index (χ0v) is 15.0. The maximum Gasteiger partial charge on any atom is 0.317 e. The van der Waals surface area contributed by atoms with Gasteiger partial charge in [-0.1, -0.05) is 12.1 Å². The number of esters is 2. The van der Waals surface area contributed by atoms with Gasteiger partial charge in [0.25, 0.3) is 0 Å². The summed E-state index contributed by atoms with van der Waals surface area (Å²) in [6.07, 6.45) is -0.377. The molecule has 0 heterocycles. The van der Waals surface area contributed by atoms with E-state index >= 15 is 0 Å². The Morgan fingerprint density at radius 1 is 1.15 bits per heavy atom. The van der Waals surface area contributed by atoms with Crippen LogP contribution >= 0.6 is 0 Å². The first-order valence-corrected chi connectivity index (χ1v) is 8.56. The van der Waals surface area contributed by atoms with Crippen LogP contribution in [0.5, 0.6) is 0 Å². The van der Waals surface area contributed by atoms with E-state index in [0.29, 0.717) is 5.56 Å². The van der Waals surface area contributed by atoms with E-state index in [9.17, 15) is 23.9 Å². The minimum atomic E-state index is -1.70. The van der Waals surface area contributed by atoms with Crippen molar-refractivity contribution in [2.75, 3.05) is 13.2 Å². The number of Topliss-reactive ketones (excluding diaryl/α,β-unsaturated/α-hetero) is 1. The number of carbonyl (C=O) groups excluding carboxylic acids is 3. The highest BCUT2D eigenvalue weighted by Gasteiger charge is 2.57. The number of benzene rings is 1. The second kappa shape index (κ2) is 7.95. The van der Waals surface area contributed by atoms with Crippen LogP contribution in [0.15, 0.2) is 24.3 Å². The quantitative estimate of drug-likeness (QED) is 0.633. The summed E-state index contributed by atoms with van der Waals surface area (Å²) in [5.74, 6) is -5.95. The molecule has 2 rings (SSSR count). The molecule has 1 aliphatic rings. The first-order valence-electron chi connectivity index (χ1n) is 8.56. The summed E-state index contributed by atoms with van der Waals surface area (Å²) < 4.78 is 23.4. The molecule has 1 aromatic rings. The summed E-state index contributed by atoms with van der Waals surface area (Å²) in [5.41, 5.74) is -1.32. The molecule has 142 valence electrons. The first kappa shape index (κ1) is 20.0. The number of hydrogen-bond acceptors (Lipinski definition) is 6. The SMILES string of the molecule is CCOC(=O)[C@@H]1C(=O)C[C@@](C)(O)[C@@H](C(=O)OCC)[C@@H]1c1ccc(F)cc1. The van der Waals surface area contributed by atoms with E-state index in [-0.39, 0.29) is 19.6 Å². The molecule has 0 aromatic heterocycles. The highest BCUT2D eigenvalue weighted by molar-refractivity contribution is 6.02. The van der Waals surface area contributed by atoms with Gasteiger partial charge < -0.3 is 14.6 Å². The molecule has 0 saturated heterocycles. The van der Waals surface area contributed by atoms with Crippen LogP contribution in [0.25, 0.3) is 0 Å². The third-order valence-electron chi connectivity index (χ3n) is 4.60. The third kappa shape index (κ3) is 3.93. The monoisotopic (exact) mass is 366 g/mol. The van der Waals surface area contributed by atoms with E-state index in [2.05, 4.69) is 0 Å². The minimum absolute atomic E-state index is 0.0687. The predicted molar refractivity (Wildman–Crippen MR) is 89.6 cm³/mol. The van der Waals surface area contributed by atoms with Crippen molar-refractivity contribution in [3.8, 4) is 0 Å². The Balaban J connectivity index is 2.59. The molecule has 1 fully saturated rings. The summed E-state index contributed by atoms with van der Waals surface area (Å²) >= 11 is 0. The number of aliphatic hydroxyl groups is 1. The fourth-order valence-corrected chi connectivity index (χ4v) is 3.56. The van der Waals surface area contributed by atoms with Gasteiger partial charge in [-0.25, -0.2) is 4.39 Å². The molecule has 4 atom stereocenters. The molecule has 26 heavy (non-hydrogen) atoms. The highest BCUT2D eigenvalue weighted by atomic mass is 19.1. The molecule has 0 spiro atoms. The molecule has 0 unspecified atom stereocenters. The maximum atomic E-state index is 13.3. The van der Waals surface area contributed by atoms with E-state index < -0.39 is 46.9 Å². The van der Waals surface area contributed by atoms with E-state index in [1.165, 1.54) is 31.2 Å². The number of ketones is 1. The Morgan fingerprint density at radius 3 is 2.23 bits per heavy atom. The molecule has 1 N–H and O–H groups in total. The van der Waals surface area contributed by atoms with Crippen LogP contribution in [0.1, 0.15) is 38.7 Å². The average molecular weight is 366 g/mol. The molecule has 6 nitrogen and oxygen atoms in total. The van der Waals surface area contributed by atoms with Gasteiger partial charge in [0.05, 0.1) is 24.7 Å². The summed E-state index contributed by atoms with van der Waals surface area (Å²) in [6.45, 7) is 4.75. The van der Waals surface area contributed by atoms with Gasteiger partial charge in [-0.2, -0.15) is 0 Å². The van der Waals surface area contributed by atoms with Gasteiger partial charge in [0.1, 0.15) is 11.7 Å².